The predicted molar refractivity (Wildman–Crippen MR) is 110 cm³/mol. The van der Waals surface area contributed by atoms with E-state index < -0.39 is 0 Å². The van der Waals surface area contributed by atoms with Crippen LogP contribution in [0.25, 0.3) is 0 Å². The van der Waals surface area contributed by atoms with Crippen LogP contribution in [0.3, 0.4) is 0 Å². The number of halogens is 1. The van der Waals surface area contributed by atoms with E-state index in [0.29, 0.717) is 28.5 Å². The van der Waals surface area contributed by atoms with Crippen LogP contribution in [-0.2, 0) is 9.59 Å². The van der Waals surface area contributed by atoms with Crippen LogP contribution in [0, 0.1) is 0 Å². The average molecular weight is 404 g/mol. The van der Waals surface area contributed by atoms with E-state index in [0.717, 1.165) is 4.90 Å². The first-order valence-electron chi connectivity index (χ1n) is 8.92. The number of hydrogen-bond donors (Lipinski definition) is 4. The Kier molecular flexibility index (Phi) is 7.98. The molecule has 8 heteroatoms. The van der Waals surface area contributed by atoms with Gasteiger partial charge in [-0.15, -0.1) is 0 Å². The molecule has 0 fully saturated rings. The standard InChI is InChI=1S/C20H23ClN4O3/c1-3-22-20(28)14-5-4-6-17(11-14)24-19(27)13-25(2)12-18(26)23-16-9-7-15(21)8-10-16/h4-11H,3,12-13H2,1-2H3,(H,22,28)(H,23,26)(H,24,27)/p+1. The van der Waals surface area contributed by atoms with Gasteiger partial charge >= 0.3 is 0 Å². The molecule has 2 aromatic carbocycles. The molecule has 1 atom stereocenters. The lowest BCUT2D eigenvalue weighted by Crippen LogP contribution is -3.11. The van der Waals surface area contributed by atoms with Gasteiger partial charge in [-0.25, -0.2) is 0 Å². The molecule has 0 aliphatic rings. The number of carbonyl (C=O) groups is 3. The molecule has 0 bridgehead atoms. The summed E-state index contributed by atoms with van der Waals surface area (Å²) in [5.41, 5.74) is 1.66. The molecule has 2 aromatic rings. The molecule has 28 heavy (non-hydrogen) atoms. The van der Waals surface area contributed by atoms with Crippen molar-refractivity contribution >= 4 is 40.7 Å². The smallest absolute Gasteiger partial charge is 0.279 e. The molecule has 0 aliphatic carbocycles. The summed E-state index contributed by atoms with van der Waals surface area (Å²) < 4.78 is 0. The second-order valence-electron chi connectivity index (χ2n) is 6.35. The SMILES string of the molecule is CCNC(=O)c1cccc(NC(=O)C[NH+](C)CC(=O)Nc2ccc(Cl)cc2)c1. The van der Waals surface area contributed by atoms with E-state index in [-0.39, 0.29) is 30.8 Å². The number of rotatable bonds is 8. The van der Waals surface area contributed by atoms with Crippen molar-refractivity contribution in [1.29, 1.82) is 0 Å². The lowest BCUT2D eigenvalue weighted by molar-refractivity contribution is -0.862. The van der Waals surface area contributed by atoms with E-state index in [4.69, 9.17) is 11.6 Å². The maximum Gasteiger partial charge on any atom is 0.279 e. The van der Waals surface area contributed by atoms with Gasteiger partial charge in [0, 0.05) is 28.5 Å². The van der Waals surface area contributed by atoms with Gasteiger partial charge in [0.25, 0.3) is 17.7 Å². The summed E-state index contributed by atoms with van der Waals surface area (Å²) in [7, 11) is 1.76. The fourth-order valence-corrected chi connectivity index (χ4v) is 2.68. The molecule has 3 amide bonds. The molecule has 148 valence electrons. The van der Waals surface area contributed by atoms with E-state index in [9.17, 15) is 14.4 Å². The summed E-state index contributed by atoms with van der Waals surface area (Å²) in [5, 5.41) is 8.82. The van der Waals surface area contributed by atoms with Gasteiger partial charge in [0.1, 0.15) is 0 Å². The second kappa shape index (κ2) is 10.4. The lowest BCUT2D eigenvalue weighted by atomic mass is 10.2. The van der Waals surface area contributed by atoms with Crippen molar-refractivity contribution in [1.82, 2.24) is 5.32 Å². The van der Waals surface area contributed by atoms with Gasteiger partial charge in [-0.2, -0.15) is 0 Å². The van der Waals surface area contributed by atoms with E-state index in [1.807, 2.05) is 6.92 Å². The first-order chi connectivity index (χ1) is 13.4. The molecule has 0 heterocycles. The van der Waals surface area contributed by atoms with Crippen molar-refractivity contribution < 1.29 is 19.3 Å². The molecular formula is C20H24ClN4O3+. The monoisotopic (exact) mass is 403 g/mol. The van der Waals surface area contributed by atoms with Crippen molar-refractivity contribution in [3.05, 3.63) is 59.1 Å². The normalized spacial score (nSPS) is 11.4. The van der Waals surface area contributed by atoms with Gasteiger partial charge in [0.05, 0.1) is 7.05 Å². The Hall–Kier alpha value is -2.90. The number of amides is 3. The Labute approximate surface area is 169 Å². The van der Waals surface area contributed by atoms with Crippen LogP contribution in [0.4, 0.5) is 11.4 Å². The van der Waals surface area contributed by atoms with Gasteiger partial charge in [-0.05, 0) is 49.4 Å². The zero-order valence-corrected chi connectivity index (χ0v) is 16.6. The zero-order valence-electron chi connectivity index (χ0n) is 15.8. The Morgan fingerprint density at radius 3 is 2.14 bits per heavy atom. The summed E-state index contributed by atoms with van der Waals surface area (Å²) in [6, 6.07) is 13.5. The number of carbonyl (C=O) groups excluding carboxylic acids is 3. The Morgan fingerprint density at radius 2 is 1.54 bits per heavy atom. The number of hydrogen-bond acceptors (Lipinski definition) is 3. The number of likely N-dealkylation sites (N-methyl/N-ethyl adjacent to an activating group) is 1. The van der Waals surface area contributed by atoms with Crippen LogP contribution < -0.4 is 20.9 Å². The maximum atomic E-state index is 12.2. The van der Waals surface area contributed by atoms with Crippen LogP contribution in [0.2, 0.25) is 5.02 Å². The molecule has 0 saturated carbocycles. The van der Waals surface area contributed by atoms with Gasteiger partial charge in [0.15, 0.2) is 13.1 Å². The highest BCUT2D eigenvalue weighted by molar-refractivity contribution is 6.30. The van der Waals surface area contributed by atoms with E-state index in [1.165, 1.54) is 0 Å². The highest BCUT2D eigenvalue weighted by atomic mass is 35.5. The second-order valence-corrected chi connectivity index (χ2v) is 6.79. The van der Waals surface area contributed by atoms with Gasteiger partial charge < -0.3 is 20.9 Å². The molecular weight excluding hydrogens is 380 g/mol. The Balaban J connectivity index is 1.83. The third kappa shape index (κ3) is 7.02. The summed E-state index contributed by atoms with van der Waals surface area (Å²) in [4.78, 5) is 36.9. The van der Waals surface area contributed by atoms with Gasteiger partial charge in [-0.3, -0.25) is 14.4 Å². The fourth-order valence-electron chi connectivity index (χ4n) is 2.56. The minimum Gasteiger partial charge on any atom is -0.352 e. The van der Waals surface area contributed by atoms with Gasteiger partial charge in [-0.1, -0.05) is 17.7 Å². The predicted octanol–water partition coefficient (Wildman–Crippen LogP) is 1.18. The van der Waals surface area contributed by atoms with Crippen LogP contribution >= 0.6 is 11.6 Å². The highest BCUT2D eigenvalue weighted by Gasteiger charge is 2.15. The van der Waals surface area contributed by atoms with E-state index >= 15 is 0 Å². The minimum atomic E-state index is -0.246. The van der Waals surface area contributed by atoms with Gasteiger partial charge in [0.2, 0.25) is 0 Å². The Bertz CT molecular complexity index is 840. The Morgan fingerprint density at radius 1 is 0.929 bits per heavy atom. The summed E-state index contributed by atoms with van der Waals surface area (Å²) in [5.74, 6) is -0.643. The minimum absolute atomic E-state index is 0.111. The summed E-state index contributed by atoms with van der Waals surface area (Å²) in [6.07, 6.45) is 0. The largest absolute Gasteiger partial charge is 0.352 e. The molecule has 0 radical (unpaired) electrons. The zero-order chi connectivity index (χ0) is 20.5. The highest BCUT2D eigenvalue weighted by Crippen LogP contribution is 2.13. The van der Waals surface area contributed by atoms with Crippen molar-refractivity contribution in [3.8, 4) is 0 Å². The van der Waals surface area contributed by atoms with Crippen molar-refractivity contribution in [2.24, 2.45) is 0 Å². The molecule has 4 N–H and O–H groups in total. The van der Waals surface area contributed by atoms with E-state index in [2.05, 4.69) is 16.0 Å². The molecule has 0 aromatic heterocycles. The van der Waals surface area contributed by atoms with Crippen LogP contribution in [0.1, 0.15) is 17.3 Å². The topological polar surface area (TPSA) is 91.7 Å². The first kappa shape index (κ1) is 21.4. The van der Waals surface area contributed by atoms with Crippen molar-refractivity contribution in [2.45, 2.75) is 6.92 Å². The number of anilines is 2. The van der Waals surface area contributed by atoms with Crippen molar-refractivity contribution in [2.75, 3.05) is 37.3 Å². The summed E-state index contributed by atoms with van der Waals surface area (Å²) in [6.45, 7) is 2.61. The lowest BCUT2D eigenvalue weighted by Gasteiger charge is -2.14. The third-order valence-electron chi connectivity index (χ3n) is 3.80. The molecule has 0 aliphatic heterocycles. The quantitative estimate of drug-likeness (QED) is 0.533. The van der Waals surface area contributed by atoms with E-state index in [1.54, 1.807) is 55.6 Å². The average Bonchev–Trinajstić information content (AvgIpc) is 2.63. The van der Waals surface area contributed by atoms with Crippen LogP contribution in [0.15, 0.2) is 48.5 Å². The van der Waals surface area contributed by atoms with Crippen molar-refractivity contribution in [3.63, 3.8) is 0 Å². The number of nitrogens with one attached hydrogen (secondary N) is 4. The van der Waals surface area contributed by atoms with Crippen LogP contribution in [0.5, 0.6) is 0 Å². The molecule has 1 unspecified atom stereocenters. The molecule has 2 rings (SSSR count). The number of benzene rings is 2. The molecule has 0 saturated heterocycles. The first-order valence-corrected chi connectivity index (χ1v) is 9.30. The molecule has 7 nitrogen and oxygen atoms in total. The fraction of sp³-hybridized carbons (Fsp3) is 0.250. The molecule has 0 spiro atoms. The maximum absolute atomic E-state index is 12.2. The number of quaternary nitrogens is 1. The van der Waals surface area contributed by atoms with Crippen LogP contribution in [-0.4, -0.2) is 44.4 Å². The third-order valence-corrected chi connectivity index (χ3v) is 4.05. The summed E-state index contributed by atoms with van der Waals surface area (Å²) >= 11 is 5.82.